The Bertz CT molecular complexity index is 1040. The van der Waals surface area contributed by atoms with Crippen molar-refractivity contribution < 1.29 is 9.53 Å². The van der Waals surface area contributed by atoms with Crippen LogP contribution in [0.15, 0.2) is 42.6 Å². The molecule has 0 saturated heterocycles. The average molecular weight is 451 g/mol. The van der Waals surface area contributed by atoms with Crippen molar-refractivity contribution in [2.75, 3.05) is 36.9 Å². The van der Waals surface area contributed by atoms with Gasteiger partial charge in [-0.2, -0.15) is 0 Å². The van der Waals surface area contributed by atoms with Gasteiger partial charge in [-0.1, -0.05) is 44.2 Å². The number of amides is 1. The molecule has 1 aromatic carbocycles. The Kier molecular flexibility index (Phi) is 8.95. The van der Waals surface area contributed by atoms with Gasteiger partial charge in [-0.3, -0.25) is 5.32 Å². The van der Waals surface area contributed by atoms with Crippen molar-refractivity contribution in [1.82, 2.24) is 19.9 Å². The first-order valence-electron chi connectivity index (χ1n) is 11.7. The molecule has 176 valence electrons. The summed E-state index contributed by atoms with van der Waals surface area (Å²) in [5, 5.41) is 6.25. The van der Waals surface area contributed by atoms with Crippen LogP contribution < -0.4 is 10.6 Å². The molecular weight excluding hydrogens is 416 g/mol. The van der Waals surface area contributed by atoms with Gasteiger partial charge < -0.3 is 15.0 Å². The minimum Gasteiger partial charge on any atom is -0.450 e. The molecule has 2 heterocycles. The maximum absolute atomic E-state index is 11.9. The normalized spacial score (nSPS) is 12.0. The zero-order valence-electron chi connectivity index (χ0n) is 20.0. The van der Waals surface area contributed by atoms with E-state index in [1.807, 2.05) is 30.3 Å². The first-order valence-corrected chi connectivity index (χ1v) is 11.7. The van der Waals surface area contributed by atoms with Crippen LogP contribution in [0.3, 0.4) is 0 Å². The van der Waals surface area contributed by atoms with Gasteiger partial charge in [-0.15, -0.1) is 0 Å². The molecule has 0 saturated carbocycles. The maximum atomic E-state index is 11.9. The molecule has 0 aliphatic carbocycles. The Morgan fingerprint density at radius 3 is 2.58 bits per heavy atom. The first-order chi connectivity index (χ1) is 16.0. The topological polar surface area (TPSA) is 92.3 Å². The predicted octanol–water partition coefficient (Wildman–Crippen LogP) is 5.18. The van der Waals surface area contributed by atoms with E-state index in [0.717, 1.165) is 49.4 Å². The second-order valence-electron chi connectivity index (χ2n) is 7.91. The number of nitrogens with zero attached hydrogens (tertiary/aromatic N) is 4. The molecule has 8 heteroatoms. The number of aromatic nitrogens is 3. The van der Waals surface area contributed by atoms with Crippen molar-refractivity contribution >= 4 is 28.8 Å². The molecule has 2 aromatic heterocycles. The van der Waals surface area contributed by atoms with E-state index >= 15 is 0 Å². The van der Waals surface area contributed by atoms with Crippen molar-refractivity contribution in [2.45, 2.75) is 46.6 Å². The predicted molar refractivity (Wildman–Crippen MR) is 134 cm³/mol. The molecule has 33 heavy (non-hydrogen) atoms. The van der Waals surface area contributed by atoms with Crippen LogP contribution in [0.5, 0.6) is 0 Å². The van der Waals surface area contributed by atoms with Gasteiger partial charge in [0.25, 0.3) is 0 Å². The lowest BCUT2D eigenvalue weighted by atomic mass is 10.1. The van der Waals surface area contributed by atoms with Gasteiger partial charge >= 0.3 is 6.09 Å². The van der Waals surface area contributed by atoms with E-state index in [1.54, 1.807) is 19.2 Å². The van der Waals surface area contributed by atoms with Crippen LogP contribution in [0.2, 0.25) is 0 Å². The molecule has 1 unspecified atom stereocenters. The van der Waals surface area contributed by atoms with Gasteiger partial charge in [-0.05, 0) is 46.3 Å². The third-order valence-corrected chi connectivity index (χ3v) is 5.50. The van der Waals surface area contributed by atoms with E-state index in [2.05, 4.69) is 46.3 Å². The third-order valence-electron chi connectivity index (χ3n) is 5.50. The second-order valence-corrected chi connectivity index (χ2v) is 7.91. The van der Waals surface area contributed by atoms with E-state index in [1.165, 1.54) is 0 Å². The standard InChI is InChI=1S/C25H34N6O2/c1-5-31(6-2)15-11-12-18(4)27-20-16-22(30-25(32)33-7-3)29-24-23(20)28-21(17-26-24)19-13-9-8-10-14-19/h8-10,13-14,16-18H,5-7,11-12,15H2,1-4H3,(H2,26,27,29,30,32). The minimum atomic E-state index is -0.545. The molecular formula is C25H34N6O2. The number of fused-ring (bicyclic) bond motifs is 1. The van der Waals surface area contributed by atoms with Crippen LogP contribution in [0.25, 0.3) is 22.4 Å². The molecule has 0 aliphatic heterocycles. The number of hydrogen-bond donors (Lipinski definition) is 2. The number of pyridine rings is 1. The van der Waals surface area contributed by atoms with Gasteiger partial charge in [-0.25, -0.2) is 19.7 Å². The van der Waals surface area contributed by atoms with Gasteiger partial charge in [0.1, 0.15) is 11.3 Å². The van der Waals surface area contributed by atoms with Gasteiger partial charge in [0, 0.05) is 17.7 Å². The molecule has 0 fully saturated rings. The van der Waals surface area contributed by atoms with Crippen molar-refractivity contribution in [3.8, 4) is 11.3 Å². The van der Waals surface area contributed by atoms with Crippen LogP contribution in [0, 0.1) is 0 Å². The van der Waals surface area contributed by atoms with E-state index in [-0.39, 0.29) is 12.6 Å². The summed E-state index contributed by atoms with van der Waals surface area (Å²) in [6, 6.07) is 11.9. The lowest BCUT2D eigenvalue weighted by Gasteiger charge is -2.21. The van der Waals surface area contributed by atoms with E-state index in [9.17, 15) is 4.79 Å². The maximum Gasteiger partial charge on any atom is 0.412 e. The number of carbonyl (C=O) groups excluding carboxylic acids is 1. The highest BCUT2D eigenvalue weighted by Gasteiger charge is 2.15. The molecule has 3 rings (SSSR count). The number of rotatable bonds is 11. The van der Waals surface area contributed by atoms with Gasteiger partial charge in [0.05, 0.1) is 24.2 Å². The number of benzene rings is 1. The lowest BCUT2D eigenvalue weighted by Crippen LogP contribution is -2.25. The SMILES string of the molecule is CCOC(=O)Nc1cc(NC(C)CCCN(CC)CC)c2nc(-c3ccccc3)cnc2n1. The van der Waals surface area contributed by atoms with Crippen molar-refractivity contribution in [2.24, 2.45) is 0 Å². The Balaban J connectivity index is 1.88. The molecule has 1 amide bonds. The Morgan fingerprint density at radius 2 is 1.88 bits per heavy atom. The average Bonchev–Trinajstić information content (AvgIpc) is 2.82. The summed E-state index contributed by atoms with van der Waals surface area (Å²) < 4.78 is 5.00. The Morgan fingerprint density at radius 1 is 1.12 bits per heavy atom. The van der Waals surface area contributed by atoms with Crippen LogP contribution in [0.1, 0.15) is 40.5 Å². The molecule has 0 spiro atoms. The highest BCUT2D eigenvalue weighted by molar-refractivity contribution is 5.92. The summed E-state index contributed by atoms with van der Waals surface area (Å²) in [7, 11) is 0. The third kappa shape index (κ3) is 6.86. The summed E-state index contributed by atoms with van der Waals surface area (Å²) >= 11 is 0. The molecule has 3 aromatic rings. The van der Waals surface area contributed by atoms with Crippen LogP contribution in [-0.2, 0) is 4.74 Å². The fourth-order valence-corrected chi connectivity index (χ4v) is 3.69. The fraction of sp³-hybridized carbons (Fsp3) is 0.440. The monoisotopic (exact) mass is 450 g/mol. The van der Waals surface area contributed by atoms with Crippen molar-refractivity contribution in [3.05, 3.63) is 42.6 Å². The lowest BCUT2D eigenvalue weighted by molar-refractivity contribution is 0.168. The Labute approximate surface area is 195 Å². The van der Waals surface area contributed by atoms with Crippen molar-refractivity contribution in [3.63, 3.8) is 0 Å². The van der Waals surface area contributed by atoms with Crippen LogP contribution >= 0.6 is 0 Å². The molecule has 0 bridgehead atoms. The van der Waals surface area contributed by atoms with Crippen LogP contribution in [-0.4, -0.2) is 58.2 Å². The first kappa shape index (κ1) is 24.4. The largest absolute Gasteiger partial charge is 0.450 e. The highest BCUT2D eigenvalue weighted by atomic mass is 16.5. The number of carbonyl (C=O) groups is 1. The molecule has 0 aliphatic rings. The highest BCUT2D eigenvalue weighted by Crippen LogP contribution is 2.27. The fourth-order valence-electron chi connectivity index (χ4n) is 3.69. The van der Waals surface area contributed by atoms with Gasteiger partial charge in [0.15, 0.2) is 5.65 Å². The van der Waals surface area contributed by atoms with E-state index in [0.29, 0.717) is 17.0 Å². The smallest absolute Gasteiger partial charge is 0.412 e. The summed E-state index contributed by atoms with van der Waals surface area (Å²) in [6.45, 7) is 11.8. The zero-order chi connectivity index (χ0) is 23.6. The quantitative estimate of drug-likeness (QED) is 0.416. The van der Waals surface area contributed by atoms with Gasteiger partial charge in [0.2, 0.25) is 0 Å². The zero-order valence-corrected chi connectivity index (χ0v) is 20.0. The Hall–Kier alpha value is -3.26. The summed E-state index contributed by atoms with van der Waals surface area (Å²) in [6.07, 6.45) is 3.26. The number of hydrogen-bond acceptors (Lipinski definition) is 7. The number of nitrogens with one attached hydrogen (secondary N) is 2. The second kappa shape index (κ2) is 12.1. The summed E-state index contributed by atoms with van der Waals surface area (Å²) in [5.74, 6) is 0.376. The molecule has 1 atom stereocenters. The summed E-state index contributed by atoms with van der Waals surface area (Å²) in [5.41, 5.74) is 3.67. The van der Waals surface area contributed by atoms with E-state index < -0.39 is 6.09 Å². The summed E-state index contributed by atoms with van der Waals surface area (Å²) in [4.78, 5) is 28.2. The number of ether oxygens (including phenoxy) is 1. The van der Waals surface area contributed by atoms with Crippen LogP contribution in [0.4, 0.5) is 16.3 Å². The molecule has 2 N–H and O–H groups in total. The minimum absolute atomic E-state index is 0.212. The van der Waals surface area contributed by atoms with E-state index in [4.69, 9.17) is 9.72 Å². The molecule has 0 radical (unpaired) electrons. The van der Waals surface area contributed by atoms with Crippen molar-refractivity contribution in [1.29, 1.82) is 0 Å². The number of anilines is 2. The molecule has 8 nitrogen and oxygen atoms in total.